The molecule has 156 valence electrons. The predicted octanol–water partition coefficient (Wildman–Crippen LogP) is 5.80. The molecule has 0 saturated carbocycles. The molecule has 1 unspecified atom stereocenters. The van der Waals surface area contributed by atoms with Gasteiger partial charge in [-0.2, -0.15) is 0 Å². The third-order valence-electron chi connectivity index (χ3n) is 4.20. The Bertz CT molecular complexity index is 1040. The summed E-state index contributed by atoms with van der Waals surface area (Å²) in [5.74, 6) is 0.510. The molecule has 0 fully saturated rings. The van der Waals surface area contributed by atoms with Gasteiger partial charge in [-0.3, -0.25) is 9.36 Å². The average Bonchev–Trinajstić information content (AvgIpc) is 3.08. The fourth-order valence-electron chi connectivity index (χ4n) is 2.91. The number of nitrogens with zero attached hydrogens (tertiary/aromatic N) is 3. The summed E-state index contributed by atoms with van der Waals surface area (Å²) in [4.78, 5) is 13.0. The topological polar surface area (TPSA) is 59.8 Å². The number of thioether (sulfide) groups is 1. The van der Waals surface area contributed by atoms with Gasteiger partial charge in [0.1, 0.15) is 5.25 Å². The van der Waals surface area contributed by atoms with E-state index in [0.29, 0.717) is 33.1 Å². The van der Waals surface area contributed by atoms with Gasteiger partial charge in [-0.15, -0.1) is 16.8 Å². The molecule has 0 aliphatic carbocycles. The second kappa shape index (κ2) is 10.2. The molecule has 0 aliphatic heterocycles. The molecule has 1 aromatic heterocycles. The van der Waals surface area contributed by atoms with Crippen LogP contribution in [0.3, 0.4) is 0 Å². The molecule has 2 aromatic carbocycles. The first-order valence-corrected chi connectivity index (χ1v) is 11.1. The van der Waals surface area contributed by atoms with Crippen molar-refractivity contribution in [1.29, 1.82) is 0 Å². The zero-order chi connectivity index (χ0) is 21.7. The highest BCUT2D eigenvalue weighted by molar-refractivity contribution is 8.00. The number of halogens is 2. The van der Waals surface area contributed by atoms with E-state index in [1.807, 2.05) is 54.8 Å². The van der Waals surface area contributed by atoms with Gasteiger partial charge >= 0.3 is 0 Å². The summed E-state index contributed by atoms with van der Waals surface area (Å²) in [6, 6.07) is 14.9. The quantitative estimate of drug-likeness (QED) is 0.341. The average molecular weight is 461 g/mol. The van der Waals surface area contributed by atoms with Crippen molar-refractivity contribution in [3.63, 3.8) is 0 Å². The number of carbonyl (C=O) groups excluding carboxylic acids is 1. The van der Waals surface area contributed by atoms with E-state index in [1.165, 1.54) is 11.8 Å². The molecule has 1 heterocycles. The first kappa shape index (κ1) is 22.4. The Balaban J connectivity index is 2.01. The lowest BCUT2D eigenvalue weighted by Crippen LogP contribution is -2.33. The van der Waals surface area contributed by atoms with E-state index in [2.05, 4.69) is 22.1 Å². The van der Waals surface area contributed by atoms with Gasteiger partial charge in [0.25, 0.3) is 0 Å². The fourth-order valence-corrected chi connectivity index (χ4v) is 4.45. The number of benzene rings is 2. The molecule has 3 aromatic rings. The Morgan fingerprint density at radius 3 is 2.57 bits per heavy atom. The third-order valence-corrected chi connectivity index (χ3v) is 5.98. The maximum absolute atomic E-state index is 13.0. The third kappa shape index (κ3) is 5.25. The van der Waals surface area contributed by atoms with Gasteiger partial charge in [-0.1, -0.05) is 71.4 Å². The van der Waals surface area contributed by atoms with E-state index in [4.69, 9.17) is 23.2 Å². The van der Waals surface area contributed by atoms with E-state index in [-0.39, 0.29) is 11.9 Å². The second-order valence-corrected chi connectivity index (χ2v) is 8.82. The van der Waals surface area contributed by atoms with Crippen LogP contribution in [-0.2, 0) is 11.3 Å². The Hall–Kier alpha value is -2.28. The van der Waals surface area contributed by atoms with Crippen LogP contribution in [0.1, 0.15) is 24.7 Å². The molecule has 0 radical (unpaired) electrons. The highest BCUT2D eigenvalue weighted by Gasteiger charge is 2.26. The lowest BCUT2D eigenvalue weighted by molar-refractivity contribution is -0.121. The van der Waals surface area contributed by atoms with Gasteiger partial charge in [0.2, 0.25) is 5.91 Å². The summed E-state index contributed by atoms with van der Waals surface area (Å²) in [5, 5.41) is 12.8. The monoisotopic (exact) mass is 460 g/mol. The van der Waals surface area contributed by atoms with E-state index in [9.17, 15) is 4.79 Å². The molecule has 0 bridgehead atoms. The van der Waals surface area contributed by atoms with Gasteiger partial charge in [-0.05, 0) is 37.6 Å². The predicted molar refractivity (Wildman–Crippen MR) is 124 cm³/mol. The Morgan fingerprint density at radius 2 is 1.93 bits per heavy atom. The number of hydrogen-bond donors (Lipinski definition) is 1. The number of hydrogen-bond acceptors (Lipinski definition) is 4. The van der Waals surface area contributed by atoms with Gasteiger partial charge in [0.05, 0.1) is 5.02 Å². The molecular weight excluding hydrogens is 439 g/mol. The van der Waals surface area contributed by atoms with Gasteiger partial charge in [0.15, 0.2) is 11.0 Å². The Labute approximate surface area is 190 Å². The van der Waals surface area contributed by atoms with E-state index in [1.54, 1.807) is 18.2 Å². The number of carbonyl (C=O) groups is 1. The Kier molecular flexibility index (Phi) is 7.58. The highest BCUT2D eigenvalue weighted by atomic mass is 35.5. The van der Waals surface area contributed by atoms with Crippen LogP contribution in [0.25, 0.3) is 11.4 Å². The van der Waals surface area contributed by atoms with Crippen molar-refractivity contribution in [3.05, 3.63) is 76.8 Å². The van der Waals surface area contributed by atoms with E-state index >= 15 is 0 Å². The van der Waals surface area contributed by atoms with E-state index in [0.717, 1.165) is 5.56 Å². The van der Waals surface area contributed by atoms with Crippen LogP contribution >= 0.6 is 35.0 Å². The molecule has 0 aliphatic rings. The normalized spacial score (nSPS) is 12.0. The zero-order valence-corrected chi connectivity index (χ0v) is 19.0. The maximum Gasteiger partial charge on any atom is 0.238 e. The van der Waals surface area contributed by atoms with Crippen molar-refractivity contribution in [2.75, 3.05) is 0 Å². The van der Waals surface area contributed by atoms with Crippen LogP contribution < -0.4 is 5.32 Å². The number of allylic oxidation sites excluding steroid dienone is 1. The van der Waals surface area contributed by atoms with Crippen LogP contribution in [0.15, 0.2) is 66.3 Å². The fraction of sp³-hybridized carbons (Fsp3) is 0.227. The molecule has 30 heavy (non-hydrogen) atoms. The first-order chi connectivity index (χ1) is 14.4. The molecule has 5 nitrogen and oxygen atoms in total. The van der Waals surface area contributed by atoms with Crippen LogP contribution in [0.2, 0.25) is 10.0 Å². The van der Waals surface area contributed by atoms with Crippen molar-refractivity contribution in [1.82, 2.24) is 20.1 Å². The summed E-state index contributed by atoms with van der Waals surface area (Å²) in [7, 11) is 0. The smallest absolute Gasteiger partial charge is 0.238 e. The van der Waals surface area contributed by atoms with Crippen molar-refractivity contribution in [3.8, 4) is 11.4 Å². The molecule has 1 N–H and O–H groups in total. The number of aromatic nitrogens is 3. The molecule has 0 spiro atoms. The largest absolute Gasteiger partial charge is 0.353 e. The SMILES string of the molecule is C=CCn1c(SC(C(=O)NC(C)C)c2ccccc2)nnc1-c1ccc(Cl)cc1Cl. The van der Waals surface area contributed by atoms with E-state index < -0.39 is 5.25 Å². The number of rotatable bonds is 8. The number of amides is 1. The van der Waals surface area contributed by atoms with Gasteiger partial charge < -0.3 is 5.32 Å². The van der Waals surface area contributed by atoms with Crippen LogP contribution in [0.5, 0.6) is 0 Å². The lowest BCUT2D eigenvalue weighted by atomic mass is 10.1. The molecule has 3 rings (SSSR count). The second-order valence-electron chi connectivity index (χ2n) is 6.90. The Morgan fingerprint density at radius 1 is 1.20 bits per heavy atom. The molecule has 8 heteroatoms. The van der Waals surface area contributed by atoms with Crippen LogP contribution in [-0.4, -0.2) is 26.7 Å². The molecule has 0 saturated heterocycles. The summed E-state index contributed by atoms with van der Waals surface area (Å²) in [5.41, 5.74) is 1.60. The summed E-state index contributed by atoms with van der Waals surface area (Å²) >= 11 is 13.8. The summed E-state index contributed by atoms with van der Waals surface area (Å²) in [6.45, 7) is 8.18. The highest BCUT2D eigenvalue weighted by Crippen LogP contribution is 2.37. The van der Waals surface area contributed by atoms with Gasteiger partial charge in [0, 0.05) is 23.2 Å². The lowest BCUT2D eigenvalue weighted by Gasteiger charge is -2.18. The van der Waals surface area contributed by atoms with Crippen molar-refractivity contribution in [2.24, 2.45) is 0 Å². The van der Waals surface area contributed by atoms with Crippen molar-refractivity contribution < 1.29 is 4.79 Å². The summed E-state index contributed by atoms with van der Waals surface area (Å²) in [6.07, 6.45) is 1.76. The minimum absolute atomic E-state index is 0.0267. The zero-order valence-electron chi connectivity index (χ0n) is 16.7. The first-order valence-electron chi connectivity index (χ1n) is 9.42. The maximum atomic E-state index is 13.0. The minimum atomic E-state index is -0.477. The van der Waals surface area contributed by atoms with Crippen molar-refractivity contribution in [2.45, 2.75) is 36.8 Å². The standard InChI is InChI=1S/C22H22Cl2N4OS/c1-4-12-28-20(17-11-10-16(23)13-18(17)24)26-27-22(28)30-19(21(29)25-14(2)3)15-8-6-5-7-9-15/h4-11,13-14,19H,1,12H2,2-3H3,(H,25,29). The van der Waals surface area contributed by atoms with Crippen LogP contribution in [0.4, 0.5) is 0 Å². The molecule has 1 amide bonds. The van der Waals surface area contributed by atoms with Crippen LogP contribution in [0, 0.1) is 0 Å². The summed E-state index contributed by atoms with van der Waals surface area (Å²) < 4.78 is 1.89. The minimum Gasteiger partial charge on any atom is -0.353 e. The number of nitrogens with one attached hydrogen (secondary N) is 1. The van der Waals surface area contributed by atoms with Crippen molar-refractivity contribution >= 4 is 40.9 Å². The molecular formula is C22H22Cl2N4OS. The van der Waals surface area contributed by atoms with Gasteiger partial charge in [-0.25, -0.2) is 0 Å². The molecule has 1 atom stereocenters.